The van der Waals surface area contributed by atoms with Crippen LogP contribution in [0.1, 0.15) is 0 Å². The van der Waals surface area contributed by atoms with Crippen molar-refractivity contribution in [1.29, 1.82) is 0 Å². The van der Waals surface area contributed by atoms with Gasteiger partial charge in [0.1, 0.15) is 0 Å². The maximum atomic E-state index is 12.5. The lowest BCUT2D eigenvalue weighted by Gasteiger charge is -2.11. The molecule has 0 radical (unpaired) electrons. The van der Waals surface area contributed by atoms with E-state index in [-0.39, 0.29) is 11.7 Å². The van der Waals surface area contributed by atoms with Gasteiger partial charge in [-0.15, -0.1) is 23.1 Å². The topological polar surface area (TPSA) is 84.5 Å². The Labute approximate surface area is 223 Å². The molecule has 0 aliphatic rings. The van der Waals surface area contributed by atoms with Gasteiger partial charge in [0.15, 0.2) is 21.7 Å². The number of anilines is 3. The van der Waals surface area contributed by atoms with Crippen molar-refractivity contribution in [1.82, 2.24) is 4.98 Å². The third-order valence-corrected chi connectivity index (χ3v) is 6.92. The van der Waals surface area contributed by atoms with Crippen molar-refractivity contribution in [2.45, 2.75) is 4.90 Å². The number of ether oxygens (including phenoxy) is 2. The molecule has 3 N–H and O–H groups in total. The number of carbonyl (C=O) groups is 1. The average molecular weight is 537 g/mol. The Morgan fingerprint density at radius 1 is 0.917 bits per heavy atom. The normalized spacial score (nSPS) is 10.4. The third-order valence-electron chi connectivity index (χ3n) is 4.94. The number of hydrogen-bond donors (Lipinski definition) is 3. The highest BCUT2D eigenvalue weighted by Gasteiger charge is 2.11. The van der Waals surface area contributed by atoms with Gasteiger partial charge >= 0.3 is 0 Å². The molecule has 1 aromatic heterocycles. The maximum Gasteiger partial charge on any atom is 0.236 e. The number of thiocarbonyl (C=S) groups is 1. The molecule has 1 amide bonds. The lowest BCUT2D eigenvalue weighted by molar-refractivity contribution is -0.113. The van der Waals surface area contributed by atoms with Crippen LogP contribution in [0.25, 0.3) is 11.3 Å². The quantitative estimate of drug-likeness (QED) is 0.168. The fraction of sp³-hybridized carbons (Fsp3) is 0.115. The molecular weight excluding hydrogens is 513 g/mol. The predicted octanol–water partition coefficient (Wildman–Crippen LogP) is 6.37. The number of amides is 1. The molecule has 0 saturated carbocycles. The molecule has 7 nitrogen and oxygen atoms in total. The van der Waals surface area contributed by atoms with Gasteiger partial charge in [0, 0.05) is 27.2 Å². The minimum Gasteiger partial charge on any atom is -0.493 e. The second-order valence-electron chi connectivity index (χ2n) is 7.41. The van der Waals surface area contributed by atoms with Crippen LogP contribution in [0.2, 0.25) is 0 Å². The number of benzene rings is 3. The minimum absolute atomic E-state index is 0.122. The molecule has 10 heteroatoms. The van der Waals surface area contributed by atoms with E-state index in [1.165, 1.54) is 23.1 Å². The Bertz CT molecular complexity index is 1330. The molecule has 36 heavy (non-hydrogen) atoms. The zero-order valence-corrected chi connectivity index (χ0v) is 22.1. The number of hydrogen-bond acceptors (Lipinski definition) is 7. The average Bonchev–Trinajstić information content (AvgIpc) is 3.36. The van der Waals surface area contributed by atoms with Crippen LogP contribution < -0.4 is 25.4 Å². The van der Waals surface area contributed by atoms with Crippen molar-refractivity contribution in [3.8, 4) is 22.8 Å². The molecule has 0 atom stereocenters. The van der Waals surface area contributed by atoms with Crippen LogP contribution in [0.3, 0.4) is 0 Å². The van der Waals surface area contributed by atoms with Crippen molar-refractivity contribution < 1.29 is 14.3 Å². The molecule has 4 rings (SSSR count). The van der Waals surface area contributed by atoms with Crippen molar-refractivity contribution in [3.63, 3.8) is 0 Å². The number of nitrogens with zero attached hydrogens (tertiary/aromatic N) is 1. The lowest BCUT2D eigenvalue weighted by Crippen LogP contribution is -2.18. The zero-order chi connectivity index (χ0) is 25.3. The first-order valence-electron chi connectivity index (χ1n) is 10.9. The van der Waals surface area contributed by atoms with Crippen LogP contribution in [0.15, 0.2) is 83.1 Å². The Hall–Kier alpha value is -3.60. The summed E-state index contributed by atoms with van der Waals surface area (Å²) in [6, 6.07) is 23.1. The summed E-state index contributed by atoms with van der Waals surface area (Å²) in [5.41, 5.74) is 3.42. The van der Waals surface area contributed by atoms with Gasteiger partial charge < -0.3 is 25.4 Å². The second-order valence-corrected chi connectivity index (χ2v) is 9.73. The Morgan fingerprint density at radius 2 is 1.61 bits per heavy atom. The van der Waals surface area contributed by atoms with Gasteiger partial charge in [0.25, 0.3) is 0 Å². The van der Waals surface area contributed by atoms with Crippen LogP contribution in [0, 0.1) is 0 Å². The second kappa shape index (κ2) is 12.4. The predicted molar refractivity (Wildman–Crippen MR) is 153 cm³/mol. The fourth-order valence-electron chi connectivity index (χ4n) is 3.21. The first-order valence-corrected chi connectivity index (χ1v) is 13.1. The van der Waals surface area contributed by atoms with E-state index in [1.54, 1.807) is 14.2 Å². The molecule has 0 bridgehead atoms. The summed E-state index contributed by atoms with van der Waals surface area (Å²) in [7, 11) is 3.19. The Kier molecular flexibility index (Phi) is 8.77. The van der Waals surface area contributed by atoms with Crippen LogP contribution in [-0.2, 0) is 4.79 Å². The Morgan fingerprint density at radius 3 is 2.31 bits per heavy atom. The third kappa shape index (κ3) is 6.97. The molecule has 1 heterocycles. The first kappa shape index (κ1) is 25.5. The van der Waals surface area contributed by atoms with E-state index in [0.717, 1.165) is 27.5 Å². The van der Waals surface area contributed by atoms with Crippen molar-refractivity contribution >= 4 is 62.8 Å². The van der Waals surface area contributed by atoms with Crippen LogP contribution in [-0.4, -0.2) is 36.0 Å². The molecule has 184 valence electrons. The van der Waals surface area contributed by atoms with E-state index >= 15 is 0 Å². The van der Waals surface area contributed by atoms with Crippen LogP contribution >= 0.6 is 35.3 Å². The van der Waals surface area contributed by atoms with E-state index in [9.17, 15) is 4.79 Å². The van der Waals surface area contributed by atoms with E-state index in [2.05, 4.69) is 20.9 Å². The number of methoxy groups -OCH3 is 2. The van der Waals surface area contributed by atoms with Gasteiger partial charge in [0.05, 0.1) is 25.7 Å². The zero-order valence-electron chi connectivity index (χ0n) is 19.6. The number of para-hydroxylation sites is 1. The number of carbonyl (C=O) groups excluding carboxylic acids is 1. The number of rotatable bonds is 9. The number of nitrogens with one attached hydrogen (secondary N) is 3. The number of thioether (sulfide) groups is 1. The fourth-order valence-corrected chi connectivity index (χ4v) is 4.88. The summed E-state index contributed by atoms with van der Waals surface area (Å²) in [6.07, 6.45) is 0. The summed E-state index contributed by atoms with van der Waals surface area (Å²) >= 11 is 8.18. The monoisotopic (exact) mass is 536 g/mol. The molecule has 0 saturated heterocycles. The van der Waals surface area contributed by atoms with Gasteiger partial charge in [-0.3, -0.25) is 4.79 Å². The molecule has 3 aromatic carbocycles. The summed E-state index contributed by atoms with van der Waals surface area (Å²) in [6.45, 7) is 0. The van der Waals surface area contributed by atoms with E-state index < -0.39 is 0 Å². The Balaban J connectivity index is 1.26. The number of aromatic nitrogens is 1. The lowest BCUT2D eigenvalue weighted by atomic mass is 10.1. The van der Waals surface area contributed by atoms with E-state index in [1.807, 2.05) is 78.2 Å². The van der Waals surface area contributed by atoms with Crippen LogP contribution in [0.4, 0.5) is 16.5 Å². The maximum absolute atomic E-state index is 12.5. The smallest absolute Gasteiger partial charge is 0.236 e. The molecule has 0 aliphatic heterocycles. The van der Waals surface area contributed by atoms with Gasteiger partial charge in [-0.1, -0.05) is 18.2 Å². The molecular formula is C26H24N4O3S3. The van der Waals surface area contributed by atoms with Crippen molar-refractivity contribution in [2.24, 2.45) is 0 Å². The van der Waals surface area contributed by atoms with E-state index in [4.69, 9.17) is 21.7 Å². The van der Waals surface area contributed by atoms with Gasteiger partial charge in [0.2, 0.25) is 5.91 Å². The summed E-state index contributed by atoms with van der Waals surface area (Å²) in [4.78, 5) is 18.0. The molecule has 4 aromatic rings. The standard InChI is InChI=1S/C26H24N4O3S3/c1-32-22-13-8-17(14-23(22)33-2)21-15-36-26(29-21)30-24(31)16-35-20-11-9-19(10-12-20)28-25(34)27-18-6-4-3-5-7-18/h3-15H,16H2,1-2H3,(H2,27,28,34)(H,29,30,31). The largest absolute Gasteiger partial charge is 0.493 e. The molecule has 0 fully saturated rings. The summed E-state index contributed by atoms with van der Waals surface area (Å²) in [5.74, 6) is 1.42. The highest BCUT2D eigenvalue weighted by Crippen LogP contribution is 2.33. The SMILES string of the molecule is COc1ccc(-c2csc(NC(=O)CSc3ccc(NC(=S)Nc4ccccc4)cc3)n2)cc1OC. The van der Waals surface area contributed by atoms with E-state index in [0.29, 0.717) is 21.7 Å². The molecule has 0 unspecified atom stereocenters. The first-order chi connectivity index (χ1) is 17.5. The van der Waals surface area contributed by atoms with Gasteiger partial charge in [-0.05, 0) is 66.8 Å². The highest BCUT2D eigenvalue weighted by atomic mass is 32.2. The van der Waals surface area contributed by atoms with Gasteiger partial charge in [-0.25, -0.2) is 4.98 Å². The van der Waals surface area contributed by atoms with Gasteiger partial charge in [-0.2, -0.15) is 0 Å². The number of thiazole rings is 1. The van der Waals surface area contributed by atoms with Crippen LogP contribution in [0.5, 0.6) is 11.5 Å². The minimum atomic E-state index is -0.122. The van der Waals surface area contributed by atoms with Crippen molar-refractivity contribution in [2.75, 3.05) is 35.9 Å². The molecule has 0 aliphatic carbocycles. The summed E-state index contributed by atoms with van der Waals surface area (Å²) in [5, 5.41) is 12.1. The molecule has 0 spiro atoms. The highest BCUT2D eigenvalue weighted by molar-refractivity contribution is 8.00. The van der Waals surface area contributed by atoms with Crippen molar-refractivity contribution in [3.05, 3.63) is 78.2 Å². The summed E-state index contributed by atoms with van der Waals surface area (Å²) < 4.78 is 10.6.